The Balaban J connectivity index is 0.777. The number of halogens is 1. The van der Waals surface area contributed by atoms with Gasteiger partial charge in [0, 0.05) is 94.1 Å². The van der Waals surface area contributed by atoms with E-state index in [0.717, 1.165) is 54.4 Å². The summed E-state index contributed by atoms with van der Waals surface area (Å²) in [4.78, 5) is 65.9. The molecule has 3 saturated heterocycles. The first-order valence-corrected chi connectivity index (χ1v) is 21.1. The predicted molar refractivity (Wildman–Crippen MR) is 212 cm³/mol. The van der Waals surface area contributed by atoms with E-state index in [2.05, 4.69) is 20.5 Å². The summed E-state index contributed by atoms with van der Waals surface area (Å²) in [6, 6.07) is 13.9. The monoisotopic (exact) mass is 795 g/mol. The SMILES string of the molecule is O=C1CCC(N2Cc3cc(N4CCN(Cc5cccc(S(=O)N6CCC(Nc7ncc8ccc(=O)n(C9CCCC9)c8n7)CC6)c5)CC4)c(F)cc3C2=O)C(=O)N1. The van der Waals surface area contributed by atoms with Crippen LogP contribution in [0.15, 0.2) is 64.4 Å². The highest BCUT2D eigenvalue weighted by molar-refractivity contribution is 7.82. The number of benzene rings is 2. The van der Waals surface area contributed by atoms with Crippen molar-refractivity contribution in [3.05, 3.63) is 87.6 Å². The largest absolute Gasteiger partial charge is 0.367 e. The van der Waals surface area contributed by atoms with Crippen LogP contribution in [0.4, 0.5) is 16.0 Å². The first kappa shape index (κ1) is 37.5. The number of piperidine rings is 2. The zero-order valence-electron chi connectivity index (χ0n) is 31.7. The van der Waals surface area contributed by atoms with Gasteiger partial charge in [0.05, 0.1) is 10.6 Å². The molecule has 9 rings (SSSR count). The van der Waals surface area contributed by atoms with E-state index >= 15 is 4.39 Å². The van der Waals surface area contributed by atoms with Crippen LogP contribution in [0.2, 0.25) is 0 Å². The van der Waals surface area contributed by atoms with Crippen molar-refractivity contribution < 1.29 is 23.0 Å². The lowest BCUT2D eigenvalue weighted by Crippen LogP contribution is -2.52. The van der Waals surface area contributed by atoms with Crippen LogP contribution in [-0.4, -0.2) is 102 Å². The highest BCUT2D eigenvalue weighted by Gasteiger charge is 2.40. The maximum absolute atomic E-state index is 15.5. The van der Waals surface area contributed by atoms with E-state index in [4.69, 9.17) is 4.98 Å². The third kappa shape index (κ3) is 7.57. The predicted octanol–water partition coefficient (Wildman–Crippen LogP) is 3.73. The summed E-state index contributed by atoms with van der Waals surface area (Å²) < 4.78 is 33.1. The van der Waals surface area contributed by atoms with Crippen LogP contribution in [0.1, 0.15) is 78.9 Å². The lowest BCUT2D eigenvalue weighted by atomic mass is 10.0. The molecule has 298 valence electrons. The molecule has 2 N–H and O–H groups in total. The molecule has 6 heterocycles. The minimum atomic E-state index is -1.31. The molecule has 2 unspecified atom stereocenters. The van der Waals surface area contributed by atoms with Gasteiger partial charge in [-0.15, -0.1) is 0 Å². The van der Waals surface area contributed by atoms with Crippen molar-refractivity contribution in [2.75, 3.05) is 49.5 Å². The Morgan fingerprint density at radius 2 is 1.68 bits per heavy atom. The Morgan fingerprint density at radius 3 is 2.46 bits per heavy atom. The van der Waals surface area contributed by atoms with E-state index in [9.17, 15) is 23.4 Å². The number of hydrogen-bond donors (Lipinski definition) is 2. The van der Waals surface area contributed by atoms with Crippen LogP contribution in [0.5, 0.6) is 0 Å². The van der Waals surface area contributed by atoms with E-state index in [1.807, 2.05) is 38.0 Å². The van der Waals surface area contributed by atoms with Gasteiger partial charge >= 0.3 is 0 Å². The minimum Gasteiger partial charge on any atom is -0.367 e. The summed E-state index contributed by atoms with van der Waals surface area (Å²) in [6.07, 6.45) is 7.98. The molecule has 0 radical (unpaired) electrons. The lowest BCUT2D eigenvalue weighted by molar-refractivity contribution is -0.136. The third-order valence-electron chi connectivity index (χ3n) is 12.2. The van der Waals surface area contributed by atoms with Crippen LogP contribution in [0.25, 0.3) is 11.0 Å². The molecule has 2 aromatic carbocycles. The molecular formula is C41H46FN9O5S. The summed E-state index contributed by atoms with van der Waals surface area (Å²) >= 11 is 0. The Bertz CT molecular complexity index is 2320. The number of nitrogens with one attached hydrogen (secondary N) is 2. The maximum atomic E-state index is 15.5. The summed E-state index contributed by atoms with van der Waals surface area (Å²) in [5, 5.41) is 6.64. The second kappa shape index (κ2) is 15.7. The van der Waals surface area contributed by atoms with E-state index in [-0.39, 0.29) is 54.4 Å². The summed E-state index contributed by atoms with van der Waals surface area (Å²) in [6.45, 7) is 4.77. The first-order valence-electron chi connectivity index (χ1n) is 20.0. The average molecular weight is 796 g/mol. The van der Waals surface area contributed by atoms with Gasteiger partial charge in [0.2, 0.25) is 17.8 Å². The Labute approximate surface area is 332 Å². The second-order valence-corrected chi connectivity index (χ2v) is 17.3. The molecule has 4 aliphatic heterocycles. The van der Waals surface area contributed by atoms with E-state index in [0.29, 0.717) is 68.7 Å². The maximum Gasteiger partial charge on any atom is 0.255 e. The lowest BCUT2D eigenvalue weighted by Gasteiger charge is -2.36. The molecule has 4 aromatic rings. The molecule has 3 amide bonds. The quantitative estimate of drug-likeness (QED) is 0.240. The Morgan fingerprint density at radius 1 is 0.895 bits per heavy atom. The molecule has 5 aliphatic rings. The topological polar surface area (TPSA) is 153 Å². The first-order chi connectivity index (χ1) is 27.7. The fourth-order valence-electron chi connectivity index (χ4n) is 9.10. The number of nitrogens with zero attached hydrogens (tertiary/aromatic N) is 7. The Kier molecular flexibility index (Phi) is 10.3. The molecule has 0 spiro atoms. The summed E-state index contributed by atoms with van der Waals surface area (Å²) in [5.41, 5.74) is 3.11. The van der Waals surface area contributed by atoms with Gasteiger partial charge in [-0.3, -0.25) is 34.0 Å². The third-order valence-corrected chi connectivity index (χ3v) is 13.7. The molecule has 14 nitrogen and oxygen atoms in total. The van der Waals surface area contributed by atoms with Crippen LogP contribution in [0, 0.1) is 5.82 Å². The van der Waals surface area contributed by atoms with Crippen molar-refractivity contribution in [2.24, 2.45) is 0 Å². The highest BCUT2D eigenvalue weighted by Crippen LogP contribution is 2.34. The molecule has 57 heavy (non-hydrogen) atoms. The zero-order chi connectivity index (χ0) is 39.2. The number of anilines is 2. The van der Waals surface area contributed by atoms with Crippen molar-refractivity contribution in [3.63, 3.8) is 0 Å². The van der Waals surface area contributed by atoms with Gasteiger partial charge < -0.3 is 15.1 Å². The molecule has 16 heteroatoms. The van der Waals surface area contributed by atoms with Gasteiger partial charge in [-0.05, 0) is 73.6 Å². The average Bonchev–Trinajstić information content (AvgIpc) is 3.86. The van der Waals surface area contributed by atoms with Crippen LogP contribution >= 0.6 is 0 Å². The molecule has 1 saturated carbocycles. The van der Waals surface area contributed by atoms with Gasteiger partial charge in [-0.1, -0.05) is 25.0 Å². The zero-order valence-corrected chi connectivity index (χ0v) is 32.5. The number of piperazine rings is 1. The second-order valence-electron chi connectivity index (χ2n) is 15.8. The number of pyridine rings is 1. The number of aromatic nitrogens is 3. The molecule has 4 fully saturated rings. The molecule has 1 aliphatic carbocycles. The number of carbonyl (C=O) groups excluding carboxylic acids is 3. The summed E-state index contributed by atoms with van der Waals surface area (Å²) in [7, 11) is -1.31. The summed E-state index contributed by atoms with van der Waals surface area (Å²) in [5.74, 6) is -1.18. The normalized spacial score (nSPS) is 22.0. The van der Waals surface area contributed by atoms with Crippen molar-refractivity contribution in [2.45, 2.75) is 87.5 Å². The van der Waals surface area contributed by atoms with Crippen LogP contribution < -0.4 is 21.1 Å². The van der Waals surface area contributed by atoms with Crippen LogP contribution in [-0.2, 0) is 33.7 Å². The highest BCUT2D eigenvalue weighted by atomic mass is 32.2. The number of imide groups is 1. The number of rotatable bonds is 9. The molecule has 2 atom stereocenters. The van der Waals surface area contributed by atoms with Crippen LogP contribution in [0.3, 0.4) is 0 Å². The van der Waals surface area contributed by atoms with Gasteiger partial charge in [-0.25, -0.2) is 17.9 Å². The smallest absolute Gasteiger partial charge is 0.255 e. The minimum absolute atomic E-state index is 0.0201. The van der Waals surface area contributed by atoms with Gasteiger partial charge in [0.15, 0.2) is 0 Å². The number of fused-ring (bicyclic) bond motifs is 2. The van der Waals surface area contributed by atoms with Crippen molar-refractivity contribution in [1.29, 1.82) is 0 Å². The van der Waals surface area contributed by atoms with Gasteiger partial charge in [-0.2, -0.15) is 4.98 Å². The fraction of sp³-hybridized carbons (Fsp3) is 0.463. The molecule has 0 bridgehead atoms. The number of hydrogen-bond acceptors (Lipinski definition) is 10. The van der Waals surface area contributed by atoms with E-state index in [1.54, 1.807) is 24.4 Å². The van der Waals surface area contributed by atoms with Crippen molar-refractivity contribution >= 4 is 51.4 Å². The van der Waals surface area contributed by atoms with Gasteiger partial charge in [0.1, 0.15) is 28.5 Å². The fourth-order valence-corrected chi connectivity index (χ4v) is 10.4. The van der Waals surface area contributed by atoms with Gasteiger partial charge in [0.25, 0.3) is 11.5 Å². The molecule has 2 aromatic heterocycles. The Hall–Kier alpha value is -5.06. The standard InChI is InChI=1S/C41H46FN9O5S/c42-33-22-32-28(25-50(40(32)55)34-9-10-36(52)45-39(34)54)21-35(33)48-18-16-47(17-19-48)24-26-4-3-7-31(20-26)57(56)49-14-12-29(13-15-49)44-41-43-23-27-8-11-37(53)51(38(27)46-41)30-5-1-2-6-30/h3-4,7-8,11,20-23,29-30,34H,1-2,5-6,9-10,12-19,24-25H2,(H,43,44,46)(H,45,52,54). The van der Waals surface area contributed by atoms with Crippen molar-refractivity contribution in [3.8, 4) is 0 Å². The molecular weight excluding hydrogens is 750 g/mol. The number of amides is 3. The van der Waals surface area contributed by atoms with E-state index in [1.165, 1.54) is 11.0 Å². The number of carbonyl (C=O) groups is 3. The van der Waals surface area contributed by atoms with E-state index < -0.39 is 28.8 Å². The van der Waals surface area contributed by atoms with Crippen molar-refractivity contribution in [1.82, 2.24) is 34.0 Å².